The fraction of sp³-hybridized carbons (Fsp3) is 0.143. The summed E-state index contributed by atoms with van der Waals surface area (Å²) in [5, 5.41) is 2.92. The molecule has 0 aliphatic rings. The van der Waals surface area contributed by atoms with Crippen LogP contribution in [0.25, 0.3) is 22.4 Å². The Morgan fingerprint density at radius 3 is 2.55 bits per heavy atom. The largest absolute Gasteiger partial charge is 0.433 e. The normalized spacial score (nSPS) is 11.7. The van der Waals surface area contributed by atoms with Gasteiger partial charge in [0.1, 0.15) is 17.3 Å². The number of fused-ring (bicyclic) bond motifs is 1. The Bertz CT molecular complexity index is 1320. The van der Waals surface area contributed by atoms with Crippen LogP contribution in [-0.4, -0.2) is 25.4 Å². The number of carbonyl (C=O) groups is 1. The number of aromatic nitrogens is 4. The van der Waals surface area contributed by atoms with Gasteiger partial charge < -0.3 is 9.88 Å². The van der Waals surface area contributed by atoms with Gasteiger partial charge in [-0.15, -0.1) is 0 Å². The highest BCUT2D eigenvalue weighted by atomic mass is 35.5. The third-order valence-corrected chi connectivity index (χ3v) is 5.05. The third kappa shape index (κ3) is 3.96. The number of alkyl halides is 3. The Labute approximate surface area is 179 Å². The van der Waals surface area contributed by atoms with Crippen molar-refractivity contribution in [3.05, 3.63) is 70.6 Å². The molecule has 31 heavy (non-hydrogen) atoms. The Morgan fingerprint density at radius 2 is 1.87 bits per heavy atom. The summed E-state index contributed by atoms with van der Waals surface area (Å²) in [4.78, 5) is 24.8. The molecule has 0 saturated heterocycles. The number of aryl methyl sites for hydroxylation is 2. The van der Waals surface area contributed by atoms with Crippen molar-refractivity contribution in [2.75, 3.05) is 5.32 Å². The predicted octanol–water partition coefficient (Wildman–Crippen LogP) is 5.26. The lowest BCUT2D eigenvalue weighted by Gasteiger charge is -2.11. The van der Waals surface area contributed by atoms with Gasteiger partial charge in [-0.05, 0) is 37.3 Å². The Balaban J connectivity index is 1.66. The summed E-state index contributed by atoms with van der Waals surface area (Å²) in [5.74, 6) is 0.122. The molecule has 1 amide bonds. The number of hydrogen-bond acceptors (Lipinski definition) is 4. The molecule has 0 atom stereocenters. The number of anilines is 1. The number of imidazole rings is 1. The SMILES string of the molecule is Cc1nc(C(F)(F)F)ccc1C(=O)Nc1cc(-c2nc3ccccc3n2C)c(Cl)cn1. The van der Waals surface area contributed by atoms with E-state index in [2.05, 4.69) is 20.3 Å². The highest BCUT2D eigenvalue weighted by Gasteiger charge is 2.33. The van der Waals surface area contributed by atoms with Gasteiger partial charge in [0.05, 0.1) is 27.3 Å². The number of pyridine rings is 2. The van der Waals surface area contributed by atoms with E-state index in [0.717, 1.165) is 23.2 Å². The zero-order valence-corrected chi connectivity index (χ0v) is 17.1. The van der Waals surface area contributed by atoms with Crippen LogP contribution in [0.4, 0.5) is 19.0 Å². The maximum Gasteiger partial charge on any atom is 0.433 e. The average Bonchev–Trinajstić information content (AvgIpc) is 3.05. The maximum absolute atomic E-state index is 12.8. The first-order chi connectivity index (χ1) is 14.6. The number of nitrogens with one attached hydrogen (secondary N) is 1. The van der Waals surface area contributed by atoms with Crippen LogP contribution in [-0.2, 0) is 13.2 Å². The van der Waals surface area contributed by atoms with Crippen molar-refractivity contribution in [3.8, 4) is 11.4 Å². The summed E-state index contributed by atoms with van der Waals surface area (Å²) in [6.45, 7) is 1.34. The number of nitrogens with zero attached hydrogens (tertiary/aromatic N) is 4. The van der Waals surface area contributed by atoms with Gasteiger partial charge in [0.25, 0.3) is 5.91 Å². The van der Waals surface area contributed by atoms with Crippen LogP contribution >= 0.6 is 11.6 Å². The summed E-state index contributed by atoms with van der Waals surface area (Å²) >= 11 is 6.32. The van der Waals surface area contributed by atoms with E-state index >= 15 is 0 Å². The van der Waals surface area contributed by atoms with Crippen LogP contribution in [0, 0.1) is 6.92 Å². The molecule has 0 aliphatic carbocycles. The quantitative estimate of drug-likeness (QED) is 0.466. The summed E-state index contributed by atoms with van der Waals surface area (Å²) in [6.07, 6.45) is -3.21. The van der Waals surface area contributed by atoms with Crippen molar-refractivity contribution in [2.24, 2.45) is 7.05 Å². The van der Waals surface area contributed by atoms with Crippen molar-refractivity contribution >= 4 is 34.4 Å². The van der Waals surface area contributed by atoms with E-state index in [1.54, 1.807) is 6.07 Å². The monoisotopic (exact) mass is 445 g/mol. The number of carbonyl (C=O) groups excluding carboxylic acids is 1. The molecule has 0 radical (unpaired) electrons. The molecule has 0 spiro atoms. The van der Waals surface area contributed by atoms with Gasteiger partial charge in [0, 0.05) is 18.8 Å². The van der Waals surface area contributed by atoms with E-state index in [1.807, 2.05) is 35.9 Å². The number of benzene rings is 1. The molecule has 0 fully saturated rings. The van der Waals surface area contributed by atoms with Crippen LogP contribution in [0.2, 0.25) is 5.02 Å². The molecule has 158 valence electrons. The first-order valence-electron chi connectivity index (χ1n) is 9.08. The predicted molar refractivity (Wildman–Crippen MR) is 111 cm³/mol. The zero-order valence-electron chi connectivity index (χ0n) is 16.3. The van der Waals surface area contributed by atoms with Gasteiger partial charge in [-0.1, -0.05) is 23.7 Å². The molecule has 4 aromatic rings. The summed E-state index contributed by atoms with van der Waals surface area (Å²) < 4.78 is 40.3. The molecule has 4 rings (SSSR count). The van der Waals surface area contributed by atoms with Crippen molar-refractivity contribution < 1.29 is 18.0 Å². The Hall–Kier alpha value is -3.46. The first kappa shape index (κ1) is 20.8. The minimum Gasteiger partial charge on any atom is -0.327 e. The Kier molecular flexibility index (Phi) is 5.14. The second-order valence-electron chi connectivity index (χ2n) is 6.81. The van der Waals surface area contributed by atoms with E-state index in [1.165, 1.54) is 13.1 Å². The molecule has 3 aromatic heterocycles. The van der Waals surface area contributed by atoms with E-state index in [0.29, 0.717) is 16.4 Å². The summed E-state index contributed by atoms with van der Waals surface area (Å²) in [6, 6.07) is 11.0. The number of hydrogen-bond donors (Lipinski definition) is 1. The molecule has 0 aliphatic heterocycles. The molecule has 1 aromatic carbocycles. The molecular weight excluding hydrogens is 431 g/mol. The minimum absolute atomic E-state index is 0.00836. The third-order valence-electron chi connectivity index (χ3n) is 4.75. The maximum atomic E-state index is 12.8. The van der Waals surface area contributed by atoms with Crippen LogP contribution in [0.5, 0.6) is 0 Å². The standard InChI is InChI=1S/C21H15ClF3N5O/c1-11-12(7-8-17(27-11)21(23,24)25)20(31)29-18-9-13(14(22)10-26-18)19-28-15-5-3-4-6-16(15)30(19)2/h3-10H,1-2H3,(H,26,29,31). The lowest BCUT2D eigenvalue weighted by atomic mass is 10.1. The zero-order chi connectivity index (χ0) is 22.3. The van der Waals surface area contributed by atoms with Crippen molar-refractivity contribution in [1.82, 2.24) is 19.5 Å². The summed E-state index contributed by atoms with van der Waals surface area (Å²) in [7, 11) is 1.84. The van der Waals surface area contributed by atoms with Gasteiger partial charge in [-0.25, -0.2) is 15.0 Å². The second-order valence-corrected chi connectivity index (χ2v) is 7.22. The fourth-order valence-corrected chi connectivity index (χ4v) is 3.40. The number of amides is 1. The fourth-order valence-electron chi connectivity index (χ4n) is 3.21. The molecule has 0 saturated carbocycles. The van der Waals surface area contributed by atoms with Crippen LogP contribution in [0.15, 0.2) is 48.7 Å². The van der Waals surface area contributed by atoms with Crippen molar-refractivity contribution in [3.63, 3.8) is 0 Å². The van der Waals surface area contributed by atoms with Gasteiger partial charge in [-0.3, -0.25) is 4.79 Å². The molecule has 0 unspecified atom stereocenters. The molecule has 0 bridgehead atoms. The van der Waals surface area contributed by atoms with Crippen molar-refractivity contribution in [1.29, 1.82) is 0 Å². The lowest BCUT2D eigenvalue weighted by molar-refractivity contribution is -0.141. The highest BCUT2D eigenvalue weighted by molar-refractivity contribution is 6.33. The average molecular weight is 446 g/mol. The number of para-hydroxylation sites is 2. The van der Waals surface area contributed by atoms with Crippen LogP contribution < -0.4 is 5.32 Å². The molecule has 1 N–H and O–H groups in total. The topological polar surface area (TPSA) is 72.7 Å². The van der Waals surface area contributed by atoms with Crippen LogP contribution in [0.3, 0.4) is 0 Å². The number of rotatable bonds is 3. The molecule has 10 heteroatoms. The first-order valence-corrected chi connectivity index (χ1v) is 9.46. The van der Waals surface area contributed by atoms with E-state index < -0.39 is 17.8 Å². The lowest BCUT2D eigenvalue weighted by Crippen LogP contribution is -2.17. The van der Waals surface area contributed by atoms with Gasteiger partial charge in [0.15, 0.2) is 0 Å². The van der Waals surface area contributed by atoms with E-state index in [9.17, 15) is 18.0 Å². The van der Waals surface area contributed by atoms with Crippen molar-refractivity contribution in [2.45, 2.75) is 13.1 Å². The van der Waals surface area contributed by atoms with Gasteiger partial charge in [-0.2, -0.15) is 13.2 Å². The van der Waals surface area contributed by atoms with E-state index in [-0.39, 0.29) is 17.1 Å². The summed E-state index contributed by atoms with van der Waals surface area (Å²) in [5.41, 5.74) is 1.14. The number of halogens is 4. The highest BCUT2D eigenvalue weighted by Crippen LogP contribution is 2.31. The van der Waals surface area contributed by atoms with E-state index in [4.69, 9.17) is 11.6 Å². The van der Waals surface area contributed by atoms with Gasteiger partial charge >= 0.3 is 6.18 Å². The smallest absolute Gasteiger partial charge is 0.327 e. The second kappa shape index (κ2) is 7.66. The Morgan fingerprint density at radius 1 is 1.13 bits per heavy atom. The minimum atomic E-state index is -4.59. The van der Waals surface area contributed by atoms with Crippen LogP contribution in [0.1, 0.15) is 21.7 Å². The van der Waals surface area contributed by atoms with Gasteiger partial charge in [0.2, 0.25) is 0 Å². The molecule has 3 heterocycles. The molecule has 6 nitrogen and oxygen atoms in total. The molecular formula is C21H15ClF3N5O.